The molecule has 0 saturated carbocycles. The van der Waals surface area contributed by atoms with Gasteiger partial charge in [-0.2, -0.15) is 5.26 Å². The van der Waals surface area contributed by atoms with Crippen molar-refractivity contribution in [3.8, 4) is 6.07 Å². The van der Waals surface area contributed by atoms with Crippen molar-refractivity contribution in [2.75, 3.05) is 6.54 Å². The quantitative estimate of drug-likeness (QED) is 0.385. The summed E-state index contributed by atoms with van der Waals surface area (Å²) >= 11 is 12.1. The van der Waals surface area contributed by atoms with Gasteiger partial charge in [-0.05, 0) is 48.4 Å². The number of halogens is 4. The third kappa shape index (κ3) is 4.07. The van der Waals surface area contributed by atoms with Gasteiger partial charge in [0.1, 0.15) is 29.2 Å². The second kappa shape index (κ2) is 9.51. The second-order valence-corrected chi connectivity index (χ2v) is 10.5. The molecule has 2 N–H and O–H groups in total. The number of nitrogens with one attached hydrogen (secondary N) is 1. The highest BCUT2D eigenvalue weighted by Gasteiger charge is 2.62. The van der Waals surface area contributed by atoms with Gasteiger partial charge in [-0.25, -0.2) is 8.78 Å². The summed E-state index contributed by atoms with van der Waals surface area (Å²) in [6.45, 7) is 5.18. The first kappa shape index (κ1) is 26.2. The average Bonchev–Trinajstić information content (AvgIpc) is 3.41. The van der Waals surface area contributed by atoms with E-state index < -0.39 is 46.3 Å². The maximum atomic E-state index is 15.7. The normalized spacial score (nSPS) is 22.8. The lowest BCUT2D eigenvalue weighted by Gasteiger charge is -2.46. The fourth-order valence-corrected chi connectivity index (χ4v) is 6.00. The van der Waals surface area contributed by atoms with Crippen LogP contribution in [0.15, 0.2) is 52.9 Å². The summed E-state index contributed by atoms with van der Waals surface area (Å²) in [4.78, 5) is 12.4. The number of rotatable bonds is 6. The molecule has 4 rings (SSSR count). The number of carboxylic acid groups (broad SMARTS) is 1. The van der Waals surface area contributed by atoms with Crippen molar-refractivity contribution in [3.05, 3.63) is 92.9 Å². The number of nitrogens with zero attached hydrogens (tertiary/aromatic N) is 1. The molecule has 0 bridgehead atoms. The number of hydrogen-bond acceptors (Lipinski definition) is 4. The zero-order valence-electron chi connectivity index (χ0n) is 19.8. The smallest absolute Gasteiger partial charge is 0.321 e. The monoisotopic (exact) mass is 532 g/mol. The van der Waals surface area contributed by atoms with E-state index in [0.717, 1.165) is 6.07 Å². The van der Waals surface area contributed by atoms with Gasteiger partial charge < -0.3 is 14.8 Å². The molecule has 0 aliphatic carbocycles. The minimum Gasteiger partial charge on any atom is -0.480 e. The zero-order valence-corrected chi connectivity index (χ0v) is 21.3. The Bertz CT molecular complexity index is 1370. The Balaban J connectivity index is 2.09. The molecule has 1 aromatic heterocycles. The van der Waals surface area contributed by atoms with Gasteiger partial charge in [-0.3, -0.25) is 4.79 Å². The Hall–Kier alpha value is -2.92. The maximum Gasteiger partial charge on any atom is 0.321 e. The third-order valence-electron chi connectivity index (χ3n) is 7.26. The number of hydrogen-bond donors (Lipinski definition) is 2. The SMILES string of the molecule is Cc1ccc(C(C)(C)C(C#N)C2(c3ccc(Cl)cc3F)CNC(C(=O)O)C2c2cccc(Cl)c2F)o1. The summed E-state index contributed by atoms with van der Waals surface area (Å²) < 4.78 is 37.1. The predicted octanol–water partition coefficient (Wildman–Crippen LogP) is 6.37. The average molecular weight is 533 g/mol. The first-order chi connectivity index (χ1) is 16.9. The first-order valence-corrected chi connectivity index (χ1v) is 12.0. The summed E-state index contributed by atoms with van der Waals surface area (Å²) in [5, 5.41) is 23.6. The van der Waals surface area contributed by atoms with Gasteiger partial charge in [-0.1, -0.05) is 55.2 Å². The Labute approximate surface area is 217 Å². The molecule has 2 heterocycles. The number of carboxylic acids is 1. The van der Waals surface area contributed by atoms with E-state index in [0.29, 0.717) is 11.5 Å². The van der Waals surface area contributed by atoms with Crippen LogP contribution in [0.5, 0.6) is 0 Å². The lowest BCUT2D eigenvalue weighted by atomic mass is 9.54. The molecule has 0 amide bonds. The van der Waals surface area contributed by atoms with Gasteiger partial charge in [0.2, 0.25) is 0 Å². The van der Waals surface area contributed by atoms with Crippen molar-refractivity contribution < 1.29 is 23.1 Å². The van der Waals surface area contributed by atoms with Crippen molar-refractivity contribution in [2.45, 2.75) is 43.6 Å². The number of aliphatic carboxylic acids is 1. The van der Waals surface area contributed by atoms with E-state index in [1.807, 2.05) is 0 Å². The van der Waals surface area contributed by atoms with E-state index in [4.69, 9.17) is 27.6 Å². The number of furan rings is 1. The molecule has 1 saturated heterocycles. The van der Waals surface area contributed by atoms with Crippen LogP contribution >= 0.6 is 23.2 Å². The molecule has 4 atom stereocenters. The second-order valence-electron chi connectivity index (χ2n) is 9.68. The highest BCUT2D eigenvalue weighted by atomic mass is 35.5. The molecule has 36 heavy (non-hydrogen) atoms. The number of carbonyl (C=O) groups is 1. The molecule has 0 radical (unpaired) electrons. The van der Waals surface area contributed by atoms with Crippen LogP contribution in [0.25, 0.3) is 0 Å². The minimum atomic E-state index is -1.55. The topological polar surface area (TPSA) is 86.3 Å². The predicted molar refractivity (Wildman–Crippen MR) is 132 cm³/mol. The summed E-state index contributed by atoms with van der Waals surface area (Å²) in [5.74, 6) is -4.01. The van der Waals surface area contributed by atoms with Crippen LogP contribution in [0.4, 0.5) is 8.78 Å². The van der Waals surface area contributed by atoms with Gasteiger partial charge >= 0.3 is 5.97 Å². The highest BCUT2D eigenvalue weighted by Crippen LogP contribution is 2.56. The van der Waals surface area contributed by atoms with Gasteiger partial charge in [0.25, 0.3) is 0 Å². The van der Waals surface area contributed by atoms with Gasteiger partial charge in [0.15, 0.2) is 0 Å². The van der Waals surface area contributed by atoms with Crippen molar-refractivity contribution in [1.29, 1.82) is 5.26 Å². The van der Waals surface area contributed by atoms with Crippen molar-refractivity contribution in [2.24, 2.45) is 5.92 Å². The Kier molecular flexibility index (Phi) is 6.91. The number of aryl methyl sites for hydroxylation is 1. The van der Waals surface area contributed by atoms with Crippen LogP contribution in [0.3, 0.4) is 0 Å². The summed E-state index contributed by atoms with van der Waals surface area (Å²) in [7, 11) is 0. The maximum absolute atomic E-state index is 15.7. The van der Waals surface area contributed by atoms with Crippen molar-refractivity contribution in [3.63, 3.8) is 0 Å². The summed E-state index contributed by atoms with van der Waals surface area (Å²) in [5.41, 5.74) is -2.57. The largest absolute Gasteiger partial charge is 0.480 e. The van der Waals surface area contributed by atoms with Crippen LogP contribution < -0.4 is 5.32 Å². The lowest BCUT2D eigenvalue weighted by Crippen LogP contribution is -2.50. The summed E-state index contributed by atoms with van der Waals surface area (Å²) in [6, 6.07) is 12.8. The number of benzene rings is 2. The van der Waals surface area contributed by atoms with Crippen LogP contribution in [0, 0.1) is 35.8 Å². The molecule has 1 aliphatic heterocycles. The zero-order chi connectivity index (χ0) is 26.4. The lowest BCUT2D eigenvalue weighted by molar-refractivity contribution is -0.139. The van der Waals surface area contributed by atoms with Gasteiger partial charge in [0, 0.05) is 28.3 Å². The Morgan fingerprint density at radius 3 is 2.56 bits per heavy atom. The number of nitriles is 1. The Morgan fingerprint density at radius 1 is 1.25 bits per heavy atom. The minimum absolute atomic E-state index is 0.0269. The molecule has 4 unspecified atom stereocenters. The van der Waals surface area contributed by atoms with E-state index >= 15 is 8.78 Å². The molecule has 188 valence electrons. The molecule has 2 aromatic carbocycles. The first-order valence-electron chi connectivity index (χ1n) is 11.3. The molecular formula is C27H24Cl2F2N2O3. The van der Waals surface area contributed by atoms with E-state index in [-0.39, 0.29) is 27.7 Å². The van der Waals surface area contributed by atoms with Crippen LogP contribution in [-0.2, 0) is 15.6 Å². The Morgan fingerprint density at radius 2 is 1.97 bits per heavy atom. The van der Waals surface area contributed by atoms with E-state index in [1.165, 1.54) is 30.3 Å². The van der Waals surface area contributed by atoms with Crippen LogP contribution in [0.2, 0.25) is 10.0 Å². The molecule has 0 spiro atoms. The van der Waals surface area contributed by atoms with Crippen molar-refractivity contribution >= 4 is 29.2 Å². The molecular weight excluding hydrogens is 509 g/mol. The van der Waals surface area contributed by atoms with Gasteiger partial charge in [-0.15, -0.1) is 0 Å². The van der Waals surface area contributed by atoms with E-state index in [2.05, 4.69) is 11.4 Å². The fourth-order valence-electron chi connectivity index (χ4n) is 5.66. The highest BCUT2D eigenvalue weighted by molar-refractivity contribution is 6.31. The molecule has 5 nitrogen and oxygen atoms in total. The standard InChI is InChI=1S/C27H24Cl2F2N2O3/c1-14-7-10-21(36-14)26(2,3)20(12-32)27(17-9-8-15(28)11-19(17)30)13-33-24(25(34)35)22(27)16-5-4-6-18(29)23(16)31/h4-11,20,22,24,33H,13H2,1-3H3,(H,34,35). The van der Waals surface area contributed by atoms with E-state index in [1.54, 1.807) is 32.9 Å². The fraction of sp³-hybridized carbons (Fsp3) is 0.333. The third-order valence-corrected chi connectivity index (χ3v) is 7.79. The summed E-state index contributed by atoms with van der Waals surface area (Å²) in [6.07, 6.45) is 0. The van der Waals surface area contributed by atoms with Crippen LogP contribution in [0.1, 0.15) is 42.4 Å². The molecule has 1 aliphatic rings. The van der Waals surface area contributed by atoms with Crippen LogP contribution in [-0.4, -0.2) is 23.7 Å². The molecule has 1 fully saturated rings. The van der Waals surface area contributed by atoms with E-state index in [9.17, 15) is 15.2 Å². The van der Waals surface area contributed by atoms with Gasteiger partial charge in [0.05, 0.1) is 17.0 Å². The molecule has 3 aromatic rings. The molecule has 9 heteroatoms. The van der Waals surface area contributed by atoms with Crippen molar-refractivity contribution in [1.82, 2.24) is 5.32 Å².